The third kappa shape index (κ3) is 5.08. The Hall–Kier alpha value is -0.123. The number of aliphatic hydroxyl groups excluding tert-OH is 1. The summed E-state index contributed by atoms with van der Waals surface area (Å²) in [6, 6.07) is 0. The fraction of sp³-hybridized carbons (Fsp3) is 0.917. The molecule has 0 aromatic heterocycles. The molecule has 2 aliphatic rings. The largest absolute Gasteiger partial charge is 0.412 e. The Kier molecular flexibility index (Phi) is 6.82. The van der Waals surface area contributed by atoms with E-state index in [4.69, 9.17) is 4.43 Å². The SMILES string of the molecule is C[C@@H](/C=C/CC(C)(C)O[Si](C)(C)C(C)(C)C)[C@H]1CC[C@H]2[C@@H](O)CCC[C@]12C. The molecule has 2 rings (SSSR count). The summed E-state index contributed by atoms with van der Waals surface area (Å²) >= 11 is 0. The molecule has 2 fully saturated rings. The van der Waals surface area contributed by atoms with Crippen molar-refractivity contribution >= 4 is 8.32 Å². The van der Waals surface area contributed by atoms with Crippen LogP contribution in [0.25, 0.3) is 0 Å². The second-order valence-corrected chi connectivity index (χ2v) is 16.6. The first-order valence-corrected chi connectivity index (χ1v) is 14.2. The van der Waals surface area contributed by atoms with E-state index in [1.54, 1.807) is 0 Å². The maximum atomic E-state index is 10.5. The van der Waals surface area contributed by atoms with E-state index >= 15 is 0 Å². The van der Waals surface area contributed by atoms with Crippen LogP contribution in [0.15, 0.2) is 12.2 Å². The fourth-order valence-electron chi connectivity index (χ4n) is 5.64. The number of hydrogen-bond donors (Lipinski definition) is 1. The van der Waals surface area contributed by atoms with Crippen LogP contribution in [-0.2, 0) is 4.43 Å². The van der Waals surface area contributed by atoms with Gasteiger partial charge in [0.1, 0.15) is 0 Å². The van der Waals surface area contributed by atoms with Crippen LogP contribution in [-0.4, -0.2) is 25.1 Å². The van der Waals surface area contributed by atoms with Gasteiger partial charge in [-0.05, 0) is 87.3 Å². The van der Waals surface area contributed by atoms with Crippen molar-refractivity contribution in [2.24, 2.45) is 23.2 Å². The van der Waals surface area contributed by atoms with E-state index in [2.05, 4.69) is 73.7 Å². The van der Waals surface area contributed by atoms with E-state index in [-0.39, 0.29) is 16.7 Å². The highest BCUT2D eigenvalue weighted by Crippen LogP contribution is 2.57. The highest BCUT2D eigenvalue weighted by Gasteiger charge is 2.51. The van der Waals surface area contributed by atoms with Gasteiger partial charge in [-0.3, -0.25) is 0 Å². The van der Waals surface area contributed by atoms with Crippen LogP contribution in [0.4, 0.5) is 0 Å². The van der Waals surface area contributed by atoms with Crippen molar-refractivity contribution in [3.05, 3.63) is 12.2 Å². The molecule has 0 radical (unpaired) electrons. The van der Waals surface area contributed by atoms with Crippen LogP contribution >= 0.6 is 0 Å². The van der Waals surface area contributed by atoms with Crippen molar-refractivity contribution in [3.63, 3.8) is 0 Å². The highest BCUT2D eigenvalue weighted by atomic mass is 28.4. The Morgan fingerprint density at radius 1 is 1.15 bits per heavy atom. The number of fused-ring (bicyclic) bond motifs is 1. The second kappa shape index (κ2) is 7.95. The minimum atomic E-state index is -1.75. The standard InChI is InChI=1S/C24H46O2Si/c1-18(19-14-15-20-21(25)13-11-17-24(19,20)7)12-10-16-23(5,6)26-27(8,9)22(2,3)4/h10,12,18-21,25H,11,13-17H2,1-9H3/b12-10+/t18-,19+,20-,21-,24+/m0/s1. The van der Waals surface area contributed by atoms with Crippen LogP contribution < -0.4 is 0 Å². The number of rotatable bonds is 6. The van der Waals surface area contributed by atoms with Crippen LogP contribution in [0.1, 0.15) is 87.0 Å². The molecule has 0 aliphatic heterocycles. The van der Waals surface area contributed by atoms with Gasteiger partial charge in [-0.2, -0.15) is 0 Å². The van der Waals surface area contributed by atoms with E-state index in [0.29, 0.717) is 23.2 Å². The van der Waals surface area contributed by atoms with Gasteiger partial charge in [0.15, 0.2) is 8.32 Å². The minimum absolute atomic E-state index is 0.0677. The van der Waals surface area contributed by atoms with Gasteiger partial charge < -0.3 is 9.53 Å². The summed E-state index contributed by atoms with van der Waals surface area (Å²) < 4.78 is 6.67. The van der Waals surface area contributed by atoms with Crippen LogP contribution in [0.3, 0.4) is 0 Å². The predicted molar refractivity (Wildman–Crippen MR) is 119 cm³/mol. The molecule has 27 heavy (non-hydrogen) atoms. The van der Waals surface area contributed by atoms with Crippen molar-refractivity contribution in [2.45, 2.75) is 117 Å². The topological polar surface area (TPSA) is 29.5 Å². The fourth-order valence-corrected chi connectivity index (χ4v) is 7.41. The molecule has 1 N–H and O–H groups in total. The van der Waals surface area contributed by atoms with Gasteiger partial charge >= 0.3 is 0 Å². The van der Waals surface area contributed by atoms with Gasteiger partial charge in [0.25, 0.3) is 0 Å². The van der Waals surface area contributed by atoms with E-state index in [1.807, 2.05) is 0 Å². The summed E-state index contributed by atoms with van der Waals surface area (Å²) in [5.41, 5.74) is 0.219. The predicted octanol–water partition coefficient (Wildman–Crippen LogP) is 6.95. The summed E-state index contributed by atoms with van der Waals surface area (Å²) in [5.74, 6) is 1.80. The summed E-state index contributed by atoms with van der Waals surface area (Å²) in [6.07, 6.45) is 11.7. The number of hydrogen-bond acceptors (Lipinski definition) is 2. The lowest BCUT2D eigenvalue weighted by molar-refractivity contribution is -0.0231. The average Bonchev–Trinajstić information content (AvgIpc) is 2.83. The first kappa shape index (κ1) is 23.2. The van der Waals surface area contributed by atoms with Crippen LogP contribution in [0.5, 0.6) is 0 Å². The summed E-state index contributed by atoms with van der Waals surface area (Å²) in [4.78, 5) is 0. The molecule has 158 valence electrons. The van der Waals surface area contributed by atoms with Gasteiger partial charge in [0.05, 0.1) is 11.7 Å². The van der Waals surface area contributed by atoms with Gasteiger partial charge in [0.2, 0.25) is 0 Å². The van der Waals surface area contributed by atoms with E-state index < -0.39 is 8.32 Å². The molecular formula is C24H46O2Si. The van der Waals surface area contributed by atoms with Crippen molar-refractivity contribution in [1.82, 2.24) is 0 Å². The zero-order valence-electron chi connectivity index (χ0n) is 19.6. The van der Waals surface area contributed by atoms with Gasteiger partial charge in [-0.1, -0.05) is 53.2 Å². The molecule has 0 heterocycles. The maximum absolute atomic E-state index is 10.5. The normalized spacial score (nSPS) is 34.1. The molecule has 0 unspecified atom stereocenters. The Morgan fingerprint density at radius 3 is 2.37 bits per heavy atom. The van der Waals surface area contributed by atoms with Crippen molar-refractivity contribution < 1.29 is 9.53 Å². The van der Waals surface area contributed by atoms with Crippen molar-refractivity contribution in [2.75, 3.05) is 0 Å². The first-order chi connectivity index (χ1) is 12.2. The van der Waals surface area contributed by atoms with E-state index in [0.717, 1.165) is 12.8 Å². The van der Waals surface area contributed by atoms with Crippen molar-refractivity contribution in [3.8, 4) is 0 Å². The lowest BCUT2D eigenvalue weighted by atomic mass is 9.62. The zero-order valence-corrected chi connectivity index (χ0v) is 20.6. The molecule has 0 aromatic rings. The third-order valence-electron chi connectivity index (χ3n) is 8.18. The summed E-state index contributed by atoms with van der Waals surface area (Å²) in [5, 5.41) is 10.7. The molecule has 2 saturated carbocycles. The lowest BCUT2D eigenvalue weighted by Crippen LogP contribution is -2.47. The number of aliphatic hydroxyl groups is 1. The first-order valence-electron chi connectivity index (χ1n) is 11.2. The smallest absolute Gasteiger partial charge is 0.192 e. The molecule has 0 spiro atoms. The monoisotopic (exact) mass is 394 g/mol. The van der Waals surface area contributed by atoms with Crippen LogP contribution in [0, 0.1) is 23.2 Å². The minimum Gasteiger partial charge on any atom is -0.412 e. The van der Waals surface area contributed by atoms with Gasteiger partial charge in [-0.25, -0.2) is 0 Å². The Morgan fingerprint density at radius 2 is 1.78 bits per heavy atom. The molecule has 0 aromatic carbocycles. The molecule has 3 heteroatoms. The van der Waals surface area contributed by atoms with Crippen LogP contribution in [0.2, 0.25) is 18.1 Å². The quantitative estimate of drug-likeness (QED) is 0.390. The molecule has 0 bridgehead atoms. The zero-order chi connectivity index (χ0) is 20.7. The molecule has 2 nitrogen and oxygen atoms in total. The van der Waals surface area contributed by atoms with E-state index in [9.17, 15) is 5.11 Å². The average molecular weight is 395 g/mol. The molecular weight excluding hydrogens is 348 g/mol. The molecule has 2 aliphatic carbocycles. The Balaban J connectivity index is 1.97. The number of allylic oxidation sites excluding steroid dienone is 1. The molecule has 0 amide bonds. The highest BCUT2D eigenvalue weighted by molar-refractivity contribution is 6.74. The van der Waals surface area contributed by atoms with Gasteiger partial charge in [0, 0.05) is 0 Å². The second-order valence-electron chi connectivity index (χ2n) is 11.9. The Bertz CT molecular complexity index is 531. The van der Waals surface area contributed by atoms with Gasteiger partial charge in [-0.15, -0.1) is 0 Å². The Labute approximate surface area is 170 Å². The van der Waals surface area contributed by atoms with Crippen molar-refractivity contribution in [1.29, 1.82) is 0 Å². The molecule has 5 atom stereocenters. The maximum Gasteiger partial charge on any atom is 0.192 e. The summed E-state index contributed by atoms with van der Waals surface area (Å²) in [6.45, 7) is 20.9. The third-order valence-corrected chi connectivity index (χ3v) is 12.9. The van der Waals surface area contributed by atoms with E-state index in [1.165, 1.54) is 25.7 Å². The molecule has 0 saturated heterocycles. The lowest BCUT2D eigenvalue weighted by Gasteiger charge is -2.45. The summed E-state index contributed by atoms with van der Waals surface area (Å²) in [7, 11) is -1.75.